The second-order valence-electron chi connectivity index (χ2n) is 9.97. The van der Waals surface area contributed by atoms with E-state index < -0.39 is 25.4 Å². The number of ether oxygens (including phenoxy) is 1. The zero-order valence-corrected chi connectivity index (χ0v) is 18.1. The fourth-order valence-electron chi connectivity index (χ4n) is 2.46. The Morgan fingerprint density at radius 1 is 1.21 bits per heavy atom. The highest BCUT2D eigenvalue weighted by Gasteiger charge is 2.50. The molecule has 1 unspecified atom stereocenters. The molecule has 0 aromatic rings. The van der Waals surface area contributed by atoms with E-state index in [0.717, 1.165) is 0 Å². The van der Waals surface area contributed by atoms with E-state index in [9.17, 15) is 9.59 Å². The van der Waals surface area contributed by atoms with Gasteiger partial charge in [0.2, 0.25) is 5.91 Å². The van der Waals surface area contributed by atoms with Gasteiger partial charge >= 0.3 is 6.09 Å². The number of likely N-dealkylation sites (tertiary alicyclic amines) is 1. The second kappa shape index (κ2) is 6.45. The van der Waals surface area contributed by atoms with Gasteiger partial charge in [0.25, 0.3) is 0 Å². The van der Waals surface area contributed by atoms with Crippen LogP contribution in [-0.2, 0) is 14.0 Å². The quantitative estimate of drug-likeness (QED) is 0.694. The molecular weight excluding hydrogens is 322 g/mol. The van der Waals surface area contributed by atoms with E-state index in [1.807, 2.05) is 13.8 Å². The lowest BCUT2D eigenvalue weighted by atomic mass is 9.90. The molecule has 0 bridgehead atoms. The van der Waals surface area contributed by atoms with Gasteiger partial charge < -0.3 is 9.16 Å². The number of imide groups is 1. The Balaban J connectivity index is 2.95. The minimum absolute atomic E-state index is 0.0852. The standard InChI is InChI=1S/C18H35NO4Si/c1-16(2,3)23-15(21)19-13(11-18(7,8)14(19)20)12-22-24(9,10)17(4,5)6/h13H,11-12H2,1-10H3. The van der Waals surface area contributed by atoms with Gasteiger partial charge in [0.15, 0.2) is 8.32 Å². The maximum Gasteiger partial charge on any atom is 0.417 e. The van der Waals surface area contributed by atoms with Crippen LogP contribution in [-0.4, -0.2) is 43.5 Å². The molecule has 0 saturated carbocycles. The summed E-state index contributed by atoms with van der Waals surface area (Å²) in [4.78, 5) is 26.5. The first-order valence-electron chi connectivity index (χ1n) is 8.68. The first-order valence-corrected chi connectivity index (χ1v) is 11.6. The lowest BCUT2D eigenvalue weighted by Crippen LogP contribution is -2.48. The zero-order valence-electron chi connectivity index (χ0n) is 17.1. The third kappa shape index (κ3) is 4.82. The Morgan fingerprint density at radius 2 is 1.71 bits per heavy atom. The molecular formula is C18H35NO4Si. The van der Waals surface area contributed by atoms with Gasteiger partial charge in [-0.05, 0) is 45.3 Å². The molecule has 140 valence electrons. The van der Waals surface area contributed by atoms with Gasteiger partial charge in [0.05, 0.1) is 12.6 Å². The summed E-state index contributed by atoms with van der Waals surface area (Å²) in [5, 5.41) is 0.0852. The van der Waals surface area contributed by atoms with E-state index in [-0.39, 0.29) is 17.0 Å². The van der Waals surface area contributed by atoms with Crippen molar-refractivity contribution in [3.8, 4) is 0 Å². The Bertz CT molecular complexity index is 500. The van der Waals surface area contributed by atoms with Crippen LogP contribution in [0.1, 0.15) is 61.8 Å². The summed E-state index contributed by atoms with van der Waals surface area (Å²) in [6.07, 6.45) is 0.0292. The van der Waals surface area contributed by atoms with Gasteiger partial charge in [-0.1, -0.05) is 34.6 Å². The molecule has 2 amide bonds. The first kappa shape index (κ1) is 21.2. The third-order valence-electron chi connectivity index (χ3n) is 4.94. The molecule has 0 spiro atoms. The number of hydrogen-bond acceptors (Lipinski definition) is 4. The summed E-state index contributed by atoms with van der Waals surface area (Å²) in [5.74, 6) is -0.180. The lowest BCUT2D eigenvalue weighted by molar-refractivity contribution is -0.134. The molecule has 1 fully saturated rings. The van der Waals surface area contributed by atoms with Crippen molar-refractivity contribution >= 4 is 20.3 Å². The normalized spacial score (nSPS) is 22.0. The molecule has 1 atom stereocenters. The van der Waals surface area contributed by atoms with E-state index in [0.29, 0.717) is 13.0 Å². The van der Waals surface area contributed by atoms with Crippen LogP contribution in [0.4, 0.5) is 4.79 Å². The number of carbonyl (C=O) groups excluding carboxylic acids is 2. The number of nitrogens with zero attached hydrogens (tertiary/aromatic N) is 1. The molecule has 0 aromatic carbocycles. The molecule has 1 saturated heterocycles. The minimum atomic E-state index is -1.94. The molecule has 0 N–H and O–H groups in total. The SMILES string of the molecule is CC(C)(C)OC(=O)N1C(=O)C(C)(C)CC1CO[Si](C)(C)C(C)(C)C. The lowest BCUT2D eigenvalue weighted by Gasteiger charge is -2.37. The molecule has 6 heteroatoms. The Labute approximate surface area is 148 Å². The van der Waals surface area contributed by atoms with Crippen LogP contribution in [0.25, 0.3) is 0 Å². The maximum absolute atomic E-state index is 12.7. The first-order chi connectivity index (χ1) is 10.5. The Hall–Kier alpha value is -0.883. The molecule has 24 heavy (non-hydrogen) atoms. The van der Waals surface area contributed by atoms with Crippen LogP contribution >= 0.6 is 0 Å². The summed E-state index contributed by atoms with van der Waals surface area (Å²) < 4.78 is 11.7. The van der Waals surface area contributed by atoms with Crippen LogP contribution in [0.15, 0.2) is 0 Å². The summed E-state index contributed by atoms with van der Waals surface area (Å²) in [7, 11) is -1.94. The monoisotopic (exact) mass is 357 g/mol. The number of hydrogen-bond donors (Lipinski definition) is 0. The van der Waals surface area contributed by atoms with Crippen LogP contribution < -0.4 is 0 Å². The summed E-state index contributed by atoms with van der Waals surface area (Å²) >= 11 is 0. The topological polar surface area (TPSA) is 55.8 Å². The second-order valence-corrected chi connectivity index (χ2v) is 14.8. The smallest absolute Gasteiger partial charge is 0.417 e. The highest BCUT2D eigenvalue weighted by Crippen LogP contribution is 2.40. The predicted molar refractivity (Wildman–Crippen MR) is 98.4 cm³/mol. The zero-order chi connectivity index (χ0) is 19.1. The number of carbonyl (C=O) groups is 2. The Kier molecular flexibility index (Phi) is 5.68. The van der Waals surface area contributed by atoms with Crippen molar-refractivity contribution in [3.63, 3.8) is 0 Å². The molecule has 0 aromatic heterocycles. The van der Waals surface area contributed by atoms with Crippen molar-refractivity contribution in [2.75, 3.05) is 6.61 Å². The van der Waals surface area contributed by atoms with Crippen LogP contribution in [0.2, 0.25) is 18.1 Å². The van der Waals surface area contributed by atoms with Crippen molar-refractivity contribution in [2.24, 2.45) is 5.41 Å². The highest BCUT2D eigenvalue weighted by molar-refractivity contribution is 6.74. The molecule has 1 aliphatic rings. The van der Waals surface area contributed by atoms with Crippen LogP contribution in [0, 0.1) is 5.41 Å². The van der Waals surface area contributed by atoms with Crippen molar-refractivity contribution in [2.45, 2.75) is 91.6 Å². The average molecular weight is 358 g/mol. The van der Waals surface area contributed by atoms with E-state index >= 15 is 0 Å². The van der Waals surface area contributed by atoms with Gasteiger partial charge in [-0.2, -0.15) is 0 Å². The van der Waals surface area contributed by atoms with Crippen molar-refractivity contribution in [3.05, 3.63) is 0 Å². The van der Waals surface area contributed by atoms with Crippen molar-refractivity contribution in [1.82, 2.24) is 4.90 Å². The number of amides is 2. The third-order valence-corrected chi connectivity index (χ3v) is 9.44. The summed E-state index contributed by atoms with van der Waals surface area (Å²) in [6.45, 7) is 20.4. The summed E-state index contributed by atoms with van der Waals surface area (Å²) in [5.41, 5.74) is -1.20. The molecule has 5 nitrogen and oxygen atoms in total. The Morgan fingerprint density at radius 3 is 2.12 bits per heavy atom. The fraction of sp³-hybridized carbons (Fsp3) is 0.889. The van der Waals surface area contributed by atoms with Crippen LogP contribution in [0.3, 0.4) is 0 Å². The maximum atomic E-state index is 12.7. The fourth-order valence-corrected chi connectivity index (χ4v) is 3.50. The van der Waals surface area contributed by atoms with E-state index in [2.05, 4.69) is 33.9 Å². The molecule has 1 aliphatic heterocycles. The van der Waals surface area contributed by atoms with Gasteiger partial charge in [-0.15, -0.1) is 0 Å². The largest absolute Gasteiger partial charge is 0.443 e. The average Bonchev–Trinajstić information content (AvgIpc) is 2.54. The molecule has 1 heterocycles. The van der Waals surface area contributed by atoms with Crippen LogP contribution in [0.5, 0.6) is 0 Å². The van der Waals surface area contributed by atoms with Gasteiger partial charge in [0, 0.05) is 5.41 Å². The van der Waals surface area contributed by atoms with E-state index in [4.69, 9.17) is 9.16 Å². The molecule has 1 rings (SSSR count). The predicted octanol–water partition coefficient (Wildman–Crippen LogP) is 4.57. The minimum Gasteiger partial charge on any atom is -0.443 e. The van der Waals surface area contributed by atoms with Crippen molar-refractivity contribution < 1.29 is 18.8 Å². The summed E-state index contributed by atoms with van der Waals surface area (Å²) in [6, 6.07) is -0.267. The van der Waals surface area contributed by atoms with E-state index in [1.165, 1.54) is 4.90 Å². The van der Waals surface area contributed by atoms with E-state index in [1.54, 1.807) is 20.8 Å². The van der Waals surface area contributed by atoms with Gasteiger partial charge in [-0.25, -0.2) is 9.69 Å². The molecule has 0 aliphatic carbocycles. The van der Waals surface area contributed by atoms with Gasteiger partial charge in [0.1, 0.15) is 5.60 Å². The van der Waals surface area contributed by atoms with Crippen molar-refractivity contribution in [1.29, 1.82) is 0 Å². The highest BCUT2D eigenvalue weighted by atomic mass is 28.4. The molecule has 0 radical (unpaired) electrons. The number of rotatable bonds is 3. The van der Waals surface area contributed by atoms with Gasteiger partial charge in [-0.3, -0.25) is 4.79 Å².